The summed E-state index contributed by atoms with van der Waals surface area (Å²) in [7, 11) is 0. The van der Waals surface area contributed by atoms with Gasteiger partial charge in [0.2, 0.25) is 0 Å². The SMILES string of the molecule is CC(C)Nc1ccc(C(=O)N(Cc2ccccc2)c2ccccc2)nc1. The Balaban J connectivity index is 1.87. The van der Waals surface area contributed by atoms with Crippen LogP contribution in [0.2, 0.25) is 0 Å². The van der Waals surface area contributed by atoms with Crippen molar-refractivity contribution in [2.45, 2.75) is 26.4 Å². The second-order valence-corrected chi connectivity index (χ2v) is 6.44. The smallest absolute Gasteiger partial charge is 0.277 e. The highest BCUT2D eigenvalue weighted by Crippen LogP contribution is 2.20. The molecule has 3 rings (SSSR count). The number of hydrogen-bond acceptors (Lipinski definition) is 3. The molecule has 3 aromatic rings. The zero-order valence-electron chi connectivity index (χ0n) is 15.1. The largest absolute Gasteiger partial charge is 0.382 e. The van der Waals surface area contributed by atoms with Crippen molar-refractivity contribution in [3.8, 4) is 0 Å². The van der Waals surface area contributed by atoms with Crippen LogP contribution in [-0.4, -0.2) is 16.9 Å². The topological polar surface area (TPSA) is 45.2 Å². The van der Waals surface area contributed by atoms with Gasteiger partial charge in [-0.3, -0.25) is 4.79 Å². The Labute approximate surface area is 154 Å². The molecule has 1 aromatic heterocycles. The number of para-hydroxylation sites is 1. The summed E-state index contributed by atoms with van der Waals surface area (Å²) in [4.78, 5) is 19.2. The molecule has 0 aliphatic carbocycles. The van der Waals surface area contributed by atoms with Crippen LogP contribution >= 0.6 is 0 Å². The number of benzene rings is 2. The molecule has 26 heavy (non-hydrogen) atoms. The van der Waals surface area contributed by atoms with E-state index >= 15 is 0 Å². The van der Waals surface area contributed by atoms with Gasteiger partial charge in [0, 0.05) is 11.7 Å². The molecule has 0 aliphatic rings. The number of hydrogen-bond donors (Lipinski definition) is 1. The van der Waals surface area contributed by atoms with Crippen LogP contribution < -0.4 is 10.2 Å². The highest BCUT2D eigenvalue weighted by molar-refractivity contribution is 6.04. The van der Waals surface area contributed by atoms with Gasteiger partial charge in [0.1, 0.15) is 5.69 Å². The summed E-state index contributed by atoms with van der Waals surface area (Å²) in [5.74, 6) is -0.115. The number of nitrogens with one attached hydrogen (secondary N) is 1. The van der Waals surface area contributed by atoms with Gasteiger partial charge in [0.15, 0.2) is 0 Å². The molecule has 0 saturated heterocycles. The van der Waals surface area contributed by atoms with Gasteiger partial charge >= 0.3 is 0 Å². The minimum atomic E-state index is -0.115. The second-order valence-electron chi connectivity index (χ2n) is 6.44. The standard InChI is InChI=1S/C22H23N3O/c1-17(2)24-19-13-14-21(23-15-19)22(26)25(20-11-7-4-8-12-20)16-18-9-5-3-6-10-18/h3-15,17,24H,16H2,1-2H3. The first kappa shape index (κ1) is 17.7. The van der Waals surface area contributed by atoms with E-state index in [2.05, 4.69) is 24.1 Å². The quantitative estimate of drug-likeness (QED) is 0.701. The van der Waals surface area contributed by atoms with Gasteiger partial charge in [-0.1, -0.05) is 48.5 Å². The molecule has 0 fully saturated rings. The Bertz CT molecular complexity index is 830. The molecule has 0 radical (unpaired) electrons. The van der Waals surface area contributed by atoms with Gasteiger partial charge in [-0.2, -0.15) is 0 Å². The van der Waals surface area contributed by atoms with Crippen LogP contribution in [0.4, 0.5) is 11.4 Å². The lowest BCUT2D eigenvalue weighted by Crippen LogP contribution is -2.31. The van der Waals surface area contributed by atoms with Crippen molar-refractivity contribution in [2.24, 2.45) is 0 Å². The lowest BCUT2D eigenvalue weighted by Gasteiger charge is -2.23. The van der Waals surface area contributed by atoms with E-state index < -0.39 is 0 Å². The molecule has 0 saturated carbocycles. The predicted molar refractivity (Wildman–Crippen MR) is 106 cm³/mol. The first-order chi connectivity index (χ1) is 12.6. The van der Waals surface area contributed by atoms with E-state index in [4.69, 9.17) is 0 Å². The fraction of sp³-hybridized carbons (Fsp3) is 0.182. The van der Waals surface area contributed by atoms with E-state index in [9.17, 15) is 4.79 Å². The van der Waals surface area contributed by atoms with Gasteiger partial charge in [-0.25, -0.2) is 4.98 Å². The van der Waals surface area contributed by atoms with Crippen molar-refractivity contribution in [1.29, 1.82) is 0 Å². The molecule has 4 heteroatoms. The lowest BCUT2D eigenvalue weighted by molar-refractivity contribution is 0.0980. The third kappa shape index (κ3) is 4.48. The van der Waals surface area contributed by atoms with E-state index in [1.165, 1.54) is 0 Å². The van der Waals surface area contributed by atoms with Crippen LogP contribution in [0.15, 0.2) is 79.0 Å². The normalized spacial score (nSPS) is 10.6. The van der Waals surface area contributed by atoms with E-state index in [1.54, 1.807) is 17.2 Å². The number of carbonyl (C=O) groups excluding carboxylic acids is 1. The molecule has 4 nitrogen and oxygen atoms in total. The summed E-state index contributed by atoms with van der Waals surface area (Å²) < 4.78 is 0. The zero-order chi connectivity index (χ0) is 18.4. The molecular formula is C22H23N3O. The van der Waals surface area contributed by atoms with Gasteiger partial charge in [0.25, 0.3) is 5.91 Å². The number of anilines is 2. The maximum Gasteiger partial charge on any atom is 0.277 e. The van der Waals surface area contributed by atoms with Gasteiger partial charge < -0.3 is 10.2 Å². The Morgan fingerprint density at radius 1 is 0.962 bits per heavy atom. The Kier molecular flexibility index (Phi) is 5.64. The number of amides is 1. The Morgan fingerprint density at radius 3 is 2.19 bits per heavy atom. The van der Waals surface area contributed by atoms with Crippen LogP contribution in [0, 0.1) is 0 Å². The van der Waals surface area contributed by atoms with Crippen molar-refractivity contribution in [3.05, 3.63) is 90.3 Å². The van der Waals surface area contributed by atoms with Crippen molar-refractivity contribution in [2.75, 3.05) is 10.2 Å². The molecule has 0 spiro atoms. The molecule has 0 aliphatic heterocycles. The minimum absolute atomic E-state index is 0.115. The summed E-state index contributed by atoms with van der Waals surface area (Å²) in [5, 5.41) is 3.28. The molecule has 1 N–H and O–H groups in total. The van der Waals surface area contributed by atoms with E-state index in [-0.39, 0.29) is 5.91 Å². The van der Waals surface area contributed by atoms with Crippen LogP contribution in [0.1, 0.15) is 29.9 Å². The summed E-state index contributed by atoms with van der Waals surface area (Å²) in [5.41, 5.74) is 3.26. The Morgan fingerprint density at radius 2 is 1.62 bits per heavy atom. The molecule has 132 valence electrons. The third-order valence-electron chi connectivity index (χ3n) is 3.93. The van der Waals surface area contributed by atoms with Crippen molar-refractivity contribution in [3.63, 3.8) is 0 Å². The number of pyridine rings is 1. The van der Waals surface area contributed by atoms with E-state index in [0.29, 0.717) is 18.3 Å². The van der Waals surface area contributed by atoms with Crippen molar-refractivity contribution in [1.82, 2.24) is 4.98 Å². The average molecular weight is 345 g/mol. The fourth-order valence-electron chi connectivity index (χ4n) is 2.73. The van der Waals surface area contributed by atoms with Crippen LogP contribution in [0.25, 0.3) is 0 Å². The van der Waals surface area contributed by atoms with Crippen LogP contribution in [0.5, 0.6) is 0 Å². The second kappa shape index (κ2) is 8.30. The molecule has 2 aromatic carbocycles. The number of aromatic nitrogens is 1. The third-order valence-corrected chi connectivity index (χ3v) is 3.93. The molecule has 0 unspecified atom stereocenters. The van der Waals surface area contributed by atoms with Crippen molar-refractivity contribution >= 4 is 17.3 Å². The summed E-state index contributed by atoms with van der Waals surface area (Å²) in [6.07, 6.45) is 1.71. The first-order valence-corrected chi connectivity index (χ1v) is 8.77. The highest BCUT2D eigenvalue weighted by Gasteiger charge is 2.19. The first-order valence-electron chi connectivity index (χ1n) is 8.77. The number of nitrogens with zero attached hydrogens (tertiary/aromatic N) is 2. The van der Waals surface area contributed by atoms with Gasteiger partial charge in [-0.05, 0) is 43.7 Å². The minimum Gasteiger partial charge on any atom is -0.382 e. The fourth-order valence-corrected chi connectivity index (χ4v) is 2.73. The molecule has 1 amide bonds. The van der Waals surface area contributed by atoms with Gasteiger partial charge in [-0.15, -0.1) is 0 Å². The van der Waals surface area contributed by atoms with Crippen molar-refractivity contribution < 1.29 is 4.79 Å². The summed E-state index contributed by atoms with van der Waals surface area (Å²) >= 11 is 0. The average Bonchev–Trinajstić information content (AvgIpc) is 2.67. The zero-order valence-corrected chi connectivity index (χ0v) is 15.1. The maximum absolute atomic E-state index is 13.1. The lowest BCUT2D eigenvalue weighted by atomic mass is 10.1. The van der Waals surface area contributed by atoms with Crippen LogP contribution in [0.3, 0.4) is 0 Å². The predicted octanol–water partition coefficient (Wildman–Crippen LogP) is 4.75. The number of rotatable bonds is 6. The van der Waals surface area contributed by atoms with Crippen LogP contribution in [-0.2, 0) is 6.54 Å². The summed E-state index contributed by atoms with van der Waals surface area (Å²) in [6, 6.07) is 23.6. The maximum atomic E-state index is 13.1. The van der Waals surface area contributed by atoms with Gasteiger partial charge in [0.05, 0.1) is 18.4 Å². The summed E-state index contributed by atoms with van der Waals surface area (Å²) in [6.45, 7) is 4.63. The molecular weight excluding hydrogens is 322 g/mol. The van der Waals surface area contributed by atoms with E-state index in [0.717, 1.165) is 16.9 Å². The highest BCUT2D eigenvalue weighted by atomic mass is 16.2. The molecule has 0 bridgehead atoms. The number of carbonyl (C=O) groups is 1. The Hall–Kier alpha value is -3.14. The molecule has 1 heterocycles. The van der Waals surface area contributed by atoms with E-state index in [1.807, 2.05) is 66.7 Å². The monoisotopic (exact) mass is 345 g/mol. The molecule has 0 atom stereocenters.